The molecule has 0 bridgehead atoms. The summed E-state index contributed by atoms with van der Waals surface area (Å²) < 4.78 is 2.94. The van der Waals surface area contributed by atoms with Crippen molar-refractivity contribution in [1.82, 2.24) is 14.8 Å². The van der Waals surface area contributed by atoms with E-state index < -0.39 is 0 Å². The Morgan fingerprint density at radius 1 is 1.27 bits per heavy atom. The number of benzene rings is 1. The van der Waals surface area contributed by atoms with Crippen molar-refractivity contribution in [2.24, 2.45) is 0 Å². The van der Waals surface area contributed by atoms with E-state index in [1.807, 2.05) is 34.7 Å². The lowest BCUT2D eigenvalue weighted by Crippen LogP contribution is -2.36. The lowest BCUT2D eigenvalue weighted by Gasteiger charge is -2.30. The molecule has 1 aliphatic heterocycles. The maximum Gasteiger partial charge on any atom is 0.260 e. The highest BCUT2D eigenvalue weighted by molar-refractivity contribution is 9.10. The second-order valence-electron chi connectivity index (χ2n) is 7.05. The fraction of sp³-hybridized carbons (Fsp3) is 0.350. The van der Waals surface area contributed by atoms with Crippen LogP contribution >= 0.6 is 15.9 Å². The Kier molecular flexibility index (Phi) is 4.31. The number of nitrogens with zero attached hydrogens (tertiary/aromatic N) is 4. The third kappa shape index (κ3) is 2.82. The maximum absolute atomic E-state index is 13.3. The largest absolute Gasteiger partial charge is 0.308 e. The van der Waals surface area contributed by atoms with E-state index in [9.17, 15) is 4.79 Å². The predicted molar refractivity (Wildman–Crippen MR) is 107 cm³/mol. The highest BCUT2D eigenvalue weighted by Crippen LogP contribution is 2.31. The van der Waals surface area contributed by atoms with Gasteiger partial charge in [0.05, 0.1) is 17.5 Å². The molecule has 3 heterocycles. The van der Waals surface area contributed by atoms with Gasteiger partial charge in [0.2, 0.25) is 0 Å². The fourth-order valence-electron chi connectivity index (χ4n) is 3.58. The van der Waals surface area contributed by atoms with Crippen LogP contribution in [0.15, 0.2) is 34.9 Å². The van der Waals surface area contributed by atoms with Gasteiger partial charge in [0.15, 0.2) is 5.65 Å². The summed E-state index contributed by atoms with van der Waals surface area (Å²) in [6, 6.07) is 8.28. The number of pyridine rings is 1. The zero-order valence-electron chi connectivity index (χ0n) is 15.2. The molecule has 0 unspecified atom stereocenters. The van der Waals surface area contributed by atoms with Crippen molar-refractivity contribution in [3.8, 4) is 0 Å². The molecule has 0 atom stereocenters. The van der Waals surface area contributed by atoms with E-state index >= 15 is 0 Å². The number of aryl methyl sites for hydroxylation is 2. The monoisotopic (exact) mass is 412 g/mol. The number of carbonyl (C=O) groups is 1. The van der Waals surface area contributed by atoms with Crippen molar-refractivity contribution in [2.45, 2.75) is 39.7 Å². The molecule has 2 aromatic heterocycles. The Morgan fingerprint density at radius 3 is 2.85 bits per heavy atom. The predicted octanol–water partition coefficient (Wildman–Crippen LogP) is 4.68. The van der Waals surface area contributed by atoms with Gasteiger partial charge in [0.25, 0.3) is 5.91 Å². The molecule has 0 radical (unpaired) electrons. The number of amides is 1. The molecule has 134 valence electrons. The first-order valence-electron chi connectivity index (χ1n) is 8.91. The first-order chi connectivity index (χ1) is 12.5. The second-order valence-corrected chi connectivity index (χ2v) is 7.97. The molecule has 5 nitrogen and oxygen atoms in total. The first-order valence-corrected chi connectivity index (χ1v) is 9.70. The molecule has 1 aliphatic rings. The normalized spacial score (nSPS) is 14.1. The second kappa shape index (κ2) is 6.50. The molecular formula is C20H21BrN4O. The lowest BCUT2D eigenvalue weighted by atomic mass is 10.0. The minimum Gasteiger partial charge on any atom is -0.308 e. The average molecular weight is 413 g/mol. The van der Waals surface area contributed by atoms with Crippen LogP contribution in [0.4, 0.5) is 5.69 Å². The zero-order valence-corrected chi connectivity index (χ0v) is 16.7. The van der Waals surface area contributed by atoms with Crippen molar-refractivity contribution < 1.29 is 4.79 Å². The van der Waals surface area contributed by atoms with E-state index in [0.29, 0.717) is 5.56 Å². The number of anilines is 1. The number of halogens is 1. The van der Waals surface area contributed by atoms with Gasteiger partial charge in [-0.25, -0.2) is 9.67 Å². The number of carbonyl (C=O) groups excluding carboxylic acids is 1. The van der Waals surface area contributed by atoms with E-state index in [1.54, 1.807) is 6.20 Å². The van der Waals surface area contributed by atoms with E-state index in [-0.39, 0.29) is 11.9 Å². The molecule has 3 aromatic rings. The van der Waals surface area contributed by atoms with Crippen LogP contribution in [0.25, 0.3) is 11.0 Å². The molecule has 0 spiro atoms. The Morgan fingerprint density at radius 2 is 2.08 bits per heavy atom. The van der Waals surface area contributed by atoms with Crippen LogP contribution < -0.4 is 4.90 Å². The SMILES string of the molecule is Cc1nc2c(cnn2C(C)C)cc1C(=O)N1CCCc2cc(Br)ccc21. The van der Waals surface area contributed by atoms with Gasteiger partial charge in [0, 0.05) is 28.1 Å². The van der Waals surface area contributed by atoms with Gasteiger partial charge in [-0.15, -0.1) is 0 Å². The molecule has 0 fully saturated rings. The molecular weight excluding hydrogens is 392 g/mol. The van der Waals surface area contributed by atoms with Gasteiger partial charge in [-0.05, 0) is 63.4 Å². The van der Waals surface area contributed by atoms with Crippen LogP contribution in [0.3, 0.4) is 0 Å². The van der Waals surface area contributed by atoms with E-state index in [2.05, 4.69) is 45.9 Å². The van der Waals surface area contributed by atoms with E-state index in [4.69, 9.17) is 0 Å². The van der Waals surface area contributed by atoms with Gasteiger partial charge in [-0.2, -0.15) is 5.10 Å². The van der Waals surface area contributed by atoms with Crippen LogP contribution in [-0.2, 0) is 6.42 Å². The van der Waals surface area contributed by atoms with E-state index in [0.717, 1.165) is 46.3 Å². The quantitative estimate of drug-likeness (QED) is 0.613. The topological polar surface area (TPSA) is 51.0 Å². The molecule has 26 heavy (non-hydrogen) atoms. The number of hydrogen-bond donors (Lipinski definition) is 0. The molecule has 0 saturated heterocycles. The minimum absolute atomic E-state index is 0.0115. The average Bonchev–Trinajstić information content (AvgIpc) is 3.02. The Bertz CT molecular complexity index is 1010. The van der Waals surface area contributed by atoms with Crippen LogP contribution in [0.1, 0.15) is 47.9 Å². The Labute approximate surface area is 161 Å². The Balaban J connectivity index is 1.77. The van der Waals surface area contributed by atoms with Crippen molar-refractivity contribution in [1.29, 1.82) is 0 Å². The molecule has 0 N–H and O–H groups in total. The van der Waals surface area contributed by atoms with Crippen LogP contribution in [0.5, 0.6) is 0 Å². The summed E-state index contributed by atoms with van der Waals surface area (Å²) in [6.07, 6.45) is 3.75. The smallest absolute Gasteiger partial charge is 0.260 e. The van der Waals surface area contributed by atoms with Crippen LogP contribution in [-0.4, -0.2) is 27.2 Å². The number of aromatic nitrogens is 3. The fourth-order valence-corrected chi connectivity index (χ4v) is 3.99. The summed E-state index contributed by atoms with van der Waals surface area (Å²) >= 11 is 3.52. The van der Waals surface area contributed by atoms with Gasteiger partial charge >= 0.3 is 0 Å². The van der Waals surface area contributed by atoms with E-state index in [1.165, 1.54) is 5.56 Å². The summed E-state index contributed by atoms with van der Waals surface area (Å²) in [7, 11) is 0. The number of fused-ring (bicyclic) bond motifs is 2. The third-order valence-corrected chi connectivity index (χ3v) is 5.38. The van der Waals surface area contributed by atoms with Crippen molar-refractivity contribution in [3.05, 3.63) is 51.8 Å². The summed E-state index contributed by atoms with van der Waals surface area (Å²) in [6.45, 7) is 6.78. The summed E-state index contributed by atoms with van der Waals surface area (Å²) in [5.74, 6) is 0.0115. The van der Waals surface area contributed by atoms with Crippen LogP contribution in [0.2, 0.25) is 0 Å². The van der Waals surface area contributed by atoms with Gasteiger partial charge in [-0.1, -0.05) is 15.9 Å². The van der Waals surface area contributed by atoms with Gasteiger partial charge < -0.3 is 4.90 Å². The molecule has 1 aromatic carbocycles. The molecule has 0 saturated carbocycles. The maximum atomic E-state index is 13.3. The van der Waals surface area contributed by atoms with Crippen molar-refractivity contribution in [3.63, 3.8) is 0 Å². The lowest BCUT2D eigenvalue weighted by molar-refractivity contribution is 0.0984. The zero-order chi connectivity index (χ0) is 18.4. The standard InChI is InChI=1S/C20H21BrN4O/c1-12(2)25-19-15(11-22-25)10-17(13(3)23-19)20(26)24-8-4-5-14-9-16(21)6-7-18(14)24/h6-7,9-12H,4-5,8H2,1-3H3. The van der Waals surface area contributed by atoms with Gasteiger partial charge in [-0.3, -0.25) is 4.79 Å². The van der Waals surface area contributed by atoms with Crippen LogP contribution in [0, 0.1) is 6.92 Å². The number of hydrogen-bond acceptors (Lipinski definition) is 3. The van der Waals surface area contributed by atoms with Crippen molar-refractivity contribution >= 4 is 38.6 Å². The van der Waals surface area contributed by atoms with Crippen molar-refractivity contribution in [2.75, 3.05) is 11.4 Å². The summed E-state index contributed by atoms with van der Waals surface area (Å²) in [5, 5.41) is 5.32. The highest BCUT2D eigenvalue weighted by atomic mass is 79.9. The Hall–Kier alpha value is -2.21. The third-order valence-electron chi connectivity index (χ3n) is 4.88. The molecule has 0 aliphatic carbocycles. The first kappa shape index (κ1) is 17.2. The summed E-state index contributed by atoms with van der Waals surface area (Å²) in [5.41, 5.74) is 4.43. The summed E-state index contributed by atoms with van der Waals surface area (Å²) in [4.78, 5) is 19.9. The minimum atomic E-state index is 0.0115. The molecule has 4 rings (SSSR count). The molecule has 6 heteroatoms. The number of rotatable bonds is 2. The highest BCUT2D eigenvalue weighted by Gasteiger charge is 2.26. The molecule has 1 amide bonds. The van der Waals surface area contributed by atoms with Gasteiger partial charge in [0.1, 0.15) is 0 Å².